The first kappa shape index (κ1) is 26.9. The number of rotatable bonds is 10. The molecule has 0 aromatic carbocycles. The van der Waals surface area contributed by atoms with Gasteiger partial charge in [0, 0.05) is 15.6 Å². The number of nitrogens with zero attached hydrogens (tertiary/aromatic N) is 6. The Labute approximate surface area is 176 Å². The maximum absolute atomic E-state index is 12.1. The topological polar surface area (TPSA) is 206 Å². The van der Waals surface area contributed by atoms with Gasteiger partial charge in [-0.2, -0.15) is 0 Å². The summed E-state index contributed by atoms with van der Waals surface area (Å²) in [6.07, 6.45) is -0.790. The van der Waals surface area contributed by atoms with Crippen molar-refractivity contribution in [1.82, 2.24) is 5.32 Å². The number of amides is 1. The lowest BCUT2D eigenvalue weighted by molar-refractivity contribution is -0.149. The van der Waals surface area contributed by atoms with Crippen LogP contribution in [0.4, 0.5) is 4.79 Å². The van der Waals surface area contributed by atoms with E-state index < -0.39 is 53.5 Å². The minimum atomic E-state index is -1.41. The summed E-state index contributed by atoms with van der Waals surface area (Å²) in [5.41, 5.74) is 16.3. The predicted molar refractivity (Wildman–Crippen MR) is 105 cm³/mol. The Balaban J connectivity index is 4.80. The maximum atomic E-state index is 12.1. The number of alkyl carbamates (subject to hydrolysis) is 1. The number of nitrogens with one attached hydrogen (secondary N) is 1. The molecule has 0 spiro atoms. The summed E-state index contributed by atoms with van der Waals surface area (Å²) in [5, 5.41) is 8.22. The Morgan fingerprint density at radius 2 is 1.63 bits per heavy atom. The van der Waals surface area contributed by atoms with Crippen LogP contribution in [0, 0.1) is 0 Å². The lowest BCUT2D eigenvalue weighted by Gasteiger charge is -2.21. The highest BCUT2D eigenvalue weighted by Crippen LogP contribution is 2.13. The van der Waals surface area contributed by atoms with Crippen LogP contribution in [0.25, 0.3) is 20.9 Å². The molecular formula is C15H23N7O7S. The van der Waals surface area contributed by atoms with Crippen LogP contribution in [0.5, 0.6) is 0 Å². The lowest BCUT2D eigenvalue weighted by atomic mass is 10.2. The molecule has 0 saturated heterocycles. The molecule has 0 aliphatic rings. The number of hydrogen-bond acceptors (Lipinski definition) is 10. The molecule has 1 N–H and O–H groups in total. The smallest absolute Gasteiger partial charge is 0.408 e. The fourth-order valence-corrected chi connectivity index (χ4v) is 2.48. The summed E-state index contributed by atoms with van der Waals surface area (Å²) in [6, 6.07) is -3.76. The van der Waals surface area contributed by atoms with E-state index >= 15 is 0 Å². The van der Waals surface area contributed by atoms with Gasteiger partial charge in [-0.05, 0) is 38.8 Å². The van der Waals surface area contributed by atoms with Gasteiger partial charge in [0.15, 0.2) is 6.04 Å². The molecule has 0 bridgehead atoms. The second kappa shape index (κ2) is 13.1. The van der Waals surface area contributed by atoms with E-state index in [1.165, 1.54) is 6.92 Å². The van der Waals surface area contributed by atoms with Gasteiger partial charge >= 0.3 is 18.0 Å². The molecule has 30 heavy (non-hydrogen) atoms. The fraction of sp³-hybridized carbons (Fsp3) is 0.733. The largest absolute Gasteiger partial charge is 0.469 e. The second-order valence-corrected chi connectivity index (χ2v) is 7.62. The standard InChI is InChI=1S/C15H23N7O7S/c1-8(18-14(26)29-15(2,3)4)13(25)30-7-10(20-22-17)12(24)28-6-9(19-21-16)11(23)27-5/h8-10H,6-7H2,1-5H3,(H,18,26)/t8-,9-,10-/m0/s1. The summed E-state index contributed by atoms with van der Waals surface area (Å²) in [6.45, 7) is 5.77. The molecule has 0 rings (SSSR count). The number of esters is 2. The Hall–Kier alpha value is -3.15. The first-order valence-electron chi connectivity index (χ1n) is 8.44. The highest BCUT2D eigenvalue weighted by atomic mass is 32.2. The van der Waals surface area contributed by atoms with Crippen molar-refractivity contribution < 1.29 is 33.4 Å². The third-order valence-corrected chi connectivity index (χ3v) is 4.10. The van der Waals surface area contributed by atoms with Crippen molar-refractivity contribution >= 4 is 34.9 Å². The van der Waals surface area contributed by atoms with E-state index in [9.17, 15) is 19.2 Å². The molecular weight excluding hydrogens is 422 g/mol. The van der Waals surface area contributed by atoms with Crippen molar-refractivity contribution in [1.29, 1.82) is 0 Å². The van der Waals surface area contributed by atoms with E-state index in [4.69, 9.17) is 20.5 Å². The minimum Gasteiger partial charge on any atom is -0.469 e. The van der Waals surface area contributed by atoms with Gasteiger partial charge < -0.3 is 19.5 Å². The lowest BCUT2D eigenvalue weighted by Crippen LogP contribution is -2.41. The number of carbonyl (C=O) groups excluding carboxylic acids is 4. The normalized spacial score (nSPS) is 13.4. The molecule has 1 amide bonds. The molecule has 15 heteroatoms. The van der Waals surface area contributed by atoms with Crippen molar-refractivity contribution in [3.63, 3.8) is 0 Å². The number of methoxy groups -OCH3 is 1. The molecule has 0 heterocycles. The summed E-state index contributed by atoms with van der Waals surface area (Å²) >= 11 is 0.628. The minimum absolute atomic E-state index is 0.285. The summed E-state index contributed by atoms with van der Waals surface area (Å²) < 4.78 is 14.3. The Morgan fingerprint density at radius 3 is 2.13 bits per heavy atom. The van der Waals surface area contributed by atoms with Gasteiger partial charge in [0.2, 0.25) is 5.12 Å². The number of ether oxygens (including phenoxy) is 3. The monoisotopic (exact) mass is 445 g/mol. The summed E-state index contributed by atoms with van der Waals surface area (Å²) in [5.74, 6) is -2.25. The quantitative estimate of drug-likeness (QED) is 0.173. The van der Waals surface area contributed by atoms with Crippen LogP contribution < -0.4 is 5.32 Å². The molecule has 3 atom stereocenters. The van der Waals surface area contributed by atoms with Gasteiger partial charge in [0.1, 0.15) is 18.2 Å². The van der Waals surface area contributed by atoms with Gasteiger partial charge in [0.25, 0.3) is 0 Å². The van der Waals surface area contributed by atoms with Crippen molar-refractivity contribution in [3.05, 3.63) is 20.9 Å². The molecule has 14 nitrogen and oxygen atoms in total. The molecule has 0 aliphatic heterocycles. The first-order valence-corrected chi connectivity index (χ1v) is 9.42. The summed E-state index contributed by atoms with van der Waals surface area (Å²) in [7, 11) is 1.06. The zero-order valence-corrected chi connectivity index (χ0v) is 17.9. The van der Waals surface area contributed by atoms with Crippen molar-refractivity contribution in [2.24, 2.45) is 10.2 Å². The highest BCUT2D eigenvalue weighted by molar-refractivity contribution is 8.13. The third kappa shape index (κ3) is 11.0. The number of hydrogen-bond donors (Lipinski definition) is 1. The van der Waals surface area contributed by atoms with Crippen molar-refractivity contribution in [2.45, 2.75) is 51.4 Å². The second-order valence-electron chi connectivity index (χ2n) is 6.59. The zero-order valence-electron chi connectivity index (χ0n) is 17.1. The van der Waals surface area contributed by atoms with Crippen LogP contribution in [0.3, 0.4) is 0 Å². The van der Waals surface area contributed by atoms with Gasteiger partial charge in [-0.15, -0.1) is 0 Å². The SMILES string of the molecule is COC(=O)[C@H](COC(=O)[C@H](CSC(=O)[C@H](C)NC(=O)OC(C)(C)C)N=[N+]=[N-])N=[N+]=[N-]. The Bertz CT molecular complexity index is 742. The Morgan fingerprint density at radius 1 is 1.07 bits per heavy atom. The molecule has 0 saturated carbocycles. The zero-order chi connectivity index (χ0) is 23.3. The Kier molecular flexibility index (Phi) is 11.8. The maximum Gasteiger partial charge on any atom is 0.408 e. The third-order valence-electron chi connectivity index (χ3n) is 2.98. The number of thioether (sulfide) groups is 1. The van der Waals surface area contributed by atoms with Gasteiger partial charge in [-0.25, -0.2) is 4.79 Å². The van der Waals surface area contributed by atoms with E-state index in [1.807, 2.05) is 0 Å². The summed E-state index contributed by atoms with van der Waals surface area (Å²) in [4.78, 5) is 52.3. The van der Waals surface area contributed by atoms with E-state index in [-0.39, 0.29) is 5.75 Å². The van der Waals surface area contributed by atoms with Crippen LogP contribution >= 0.6 is 11.8 Å². The first-order chi connectivity index (χ1) is 13.9. The van der Waals surface area contributed by atoms with E-state index in [0.717, 1.165) is 7.11 Å². The predicted octanol–water partition coefficient (Wildman–Crippen LogP) is 2.23. The van der Waals surface area contributed by atoms with Crippen LogP contribution in [-0.4, -0.2) is 66.3 Å². The van der Waals surface area contributed by atoms with Crippen LogP contribution in [-0.2, 0) is 28.6 Å². The number of carbonyl (C=O) groups is 4. The molecule has 0 fully saturated rings. The van der Waals surface area contributed by atoms with Gasteiger partial charge in [0.05, 0.1) is 13.2 Å². The van der Waals surface area contributed by atoms with Gasteiger partial charge in [-0.1, -0.05) is 22.0 Å². The molecule has 0 radical (unpaired) electrons. The van der Waals surface area contributed by atoms with E-state index in [1.54, 1.807) is 20.8 Å². The molecule has 0 unspecified atom stereocenters. The van der Waals surface area contributed by atoms with Crippen molar-refractivity contribution in [3.8, 4) is 0 Å². The molecule has 0 aromatic rings. The number of azide groups is 2. The molecule has 0 aromatic heterocycles. The van der Waals surface area contributed by atoms with Gasteiger partial charge in [-0.3, -0.25) is 14.4 Å². The van der Waals surface area contributed by atoms with E-state index in [2.05, 4.69) is 30.1 Å². The van der Waals surface area contributed by atoms with E-state index in [0.29, 0.717) is 11.8 Å². The average Bonchev–Trinajstić information content (AvgIpc) is 2.65. The van der Waals surface area contributed by atoms with Crippen LogP contribution in [0.15, 0.2) is 10.2 Å². The average molecular weight is 445 g/mol. The van der Waals surface area contributed by atoms with Crippen LogP contribution in [0.2, 0.25) is 0 Å². The highest BCUT2D eigenvalue weighted by Gasteiger charge is 2.26. The molecule has 166 valence electrons. The molecule has 0 aliphatic carbocycles. The van der Waals surface area contributed by atoms with Crippen LogP contribution in [0.1, 0.15) is 27.7 Å². The fourth-order valence-electron chi connectivity index (χ4n) is 1.64. The van der Waals surface area contributed by atoms with Crippen molar-refractivity contribution in [2.75, 3.05) is 19.5 Å².